The third-order valence-corrected chi connectivity index (χ3v) is 3.33. The SMILES string of the molecule is O=C1O[C@H]2[C@@H](O[C@@H](c3ccccc3)O[C@@H]2CO)[C@H]1O. The lowest BCUT2D eigenvalue weighted by atomic mass is 10.0. The highest BCUT2D eigenvalue weighted by Crippen LogP contribution is 2.36. The summed E-state index contributed by atoms with van der Waals surface area (Å²) in [4.78, 5) is 11.4. The normalized spacial score (nSPS) is 37.8. The van der Waals surface area contributed by atoms with Crippen LogP contribution in [0, 0.1) is 0 Å². The van der Waals surface area contributed by atoms with Crippen LogP contribution in [0.5, 0.6) is 0 Å². The fourth-order valence-electron chi connectivity index (χ4n) is 2.35. The summed E-state index contributed by atoms with van der Waals surface area (Å²) >= 11 is 0. The van der Waals surface area contributed by atoms with Gasteiger partial charge in [-0.1, -0.05) is 30.3 Å². The number of rotatable bonds is 2. The van der Waals surface area contributed by atoms with E-state index in [4.69, 9.17) is 14.2 Å². The van der Waals surface area contributed by atoms with Gasteiger partial charge in [0.2, 0.25) is 0 Å². The number of esters is 1. The second-order valence-electron chi connectivity index (χ2n) is 4.55. The van der Waals surface area contributed by atoms with E-state index in [0.29, 0.717) is 0 Å². The van der Waals surface area contributed by atoms with Crippen LogP contribution >= 0.6 is 0 Å². The lowest BCUT2D eigenvalue weighted by Gasteiger charge is -2.37. The van der Waals surface area contributed by atoms with E-state index in [1.54, 1.807) is 0 Å². The summed E-state index contributed by atoms with van der Waals surface area (Å²) < 4.78 is 16.1. The molecule has 19 heavy (non-hydrogen) atoms. The molecule has 3 rings (SSSR count). The summed E-state index contributed by atoms with van der Waals surface area (Å²) in [6.45, 7) is -0.312. The van der Waals surface area contributed by atoms with Crippen molar-refractivity contribution in [3.63, 3.8) is 0 Å². The van der Waals surface area contributed by atoms with Gasteiger partial charge in [0.1, 0.15) is 12.2 Å². The lowest BCUT2D eigenvalue weighted by Crippen LogP contribution is -2.49. The summed E-state index contributed by atoms with van der Waals surface area (Å²) in [5.74, 6) is -0.745. The Morgan fingerprint density at radius 1 is 1.11 bits per heavy atom. The van der Waals surface area contributed by atoms with Gasteiger partial charge in [-0.15, -0.1) is 0 Å². The first-order valence-electron chi connectivity index (χ1n) is 6.06. The molecule has 0 unspecified atom stereocenters. The van der Waals surface area contributed by atoms with Crippen molar-refractivity contribution < 1.29 is 29.2 Å². The molecule has 2 heterocycles. The summed E-state index contributed by atoms with van der Waals surface area (Å²) in [6, 6.07) is 9.13. The number of carbonyl (C=O) groups excluding carboxylic acids is 1. The van der Waals surface area contributed by atoms with Crippen molar-refractivity contribution in [1.82, 2.24) is 0 Å². The first-order chi connectivity index (χ1) is 9.20. The minimum absolute atomic E-state index is 0.312. The van der Waals surface area contributed by atoms with Gasteiger partial charge in [0, 0.05) is 5.56 Å². The molecule has 2 N–H and O–H groups in total. The zero-order chi connectivity index (χ0) is 13.4. The number of fused-ring (bicyclic) bond motifs is 1. The molecule has 2 aliphatic rings. The Labute approximate surface area is 109 Å². The molecular formula is C13H14O6. The average Bonchev–Trinajstić information content (AvgIpc) is 2.75. The smallest absolute Gasteiger partial charge is 0.338 e. The molecule has 2 fully saturated rings. The second kappa shape index (κ2) is 4.90. The highest BCUT2D eigenvalue weighted by molar-refractivity contribution is 5.78. The summed E-state index contributed by atoms with van der Waals surface area (Å²) in [6.07, 6.45) is -4.36. The molecule has 6 heteroatoms. The van der Waals surface area contributed by atoms with Crippen molar-refractivity contribution in [2.24, 2.45) is 0 Å². The zero-order valence-electron chi connectivity index (χ0n) is 10.0. The number of hydrogen-bond acceptors (Lipinski definition) is 6. The van der Waals surface area contributed by atoms with Gasteiger partial charge < -0.3 is 24.4 Å². The number of aliphatic hydroxyl groups is 2. The van der Waals surface area contributed by atoms with Crippen molar-refractivity contribution >= 4 is 5.97 Å². The molecule has 0 aliphatic carbocycles. The number of aliphatic hydroxyl groups excluding tert-OH is 2. The second-order valence-corrected chi connectivity index (χ2v) is 4.55. The van der Waals surface area contributed by atoms with Crippen molar-refractivity contribution in [3.05, 3.63) is 35.9 Å². The Bertz CT molecular complexity index is 461. The molecule has 0 saturated carbocycles. The minimum atomic E-state index is -1.34. The van der Waals surface area contributed by atoms with Gasteiger partial charge in [-0.25, -0.2) is 4.79 Å². The molecule has 2 aliphatic heterocycles. The molecule has 0 radical (unpaired) electrons. The van der Waals surface area contributed by atoms with Gasteiger partial charge in [0.05, 0.1) is 6.61 Å². The van der Waals surface area contributed by atoms with Crippen molar-refractivity contribution in [1.29, 1.82) is 0 Å². The summed E-state index contributed by atoms with van der Waals surface area (Å²) in [5, 5.41) is 19.1. The van der Waals surface area contributed by atoms with Crippen molar-refractivity contribution in [3.8, 4) is 0 Å². The van der Waals surface area contributed by atoms with Crippen LogP contribution in [-0.2, 0) is 19.0 Å². The monoisotopic (exact) mass is 266 g/mol. The fourth-order valence-corrected chi connectivity index (χ4v) is 2.35. The molecule has 6 nitrogen and oxygen atoms in total. The van der Waals surface area contributed by atoms with Crippen LogP contribution < -0.4 is 0 Å². The van der Waals surface area contributed by atoms with Crippen LogP contribution in [0.1, 0.15) is 11.9 Å². The molecule has 5 atom stereocenters. The van der Waals surface area contributed by atoms with Crippen LogP contribution in [0.4, 0.5) is 0 Å². The van der Waals surface area contributed by atoms with Crippen LogP contribution in [0.3, 0.4) is 0 Å². The number of benzene rings is 1. The van der Waals surface area contributed by atoms with Gasteiger partial charge in [-0.2, -0.15) is 0 Å². The molecule has 1 aromatic rings. The minimum Gasteiger partial charge on any atom is -0.455 e. The van der Waals surface area contributed by atoms with Crippen LogP contribution in [0.15, 0.2) is 30.3 Å². The number of hydrogen-bond donors (Lipinski definition) is 2. The highest BCUT2D eigenvalue weighted by Gasteiger charge is 2.53. The molecule has 2 saturated heterocycles. The van der Waals surface area contributed by atoms with E-state index in [2.05, 4.69) is 0 Å². The Morgan fingerprint density at radius 3 is 2.53 bits per heavy atom. The molecule has 1 aromatic carbocycles. The van der Waals surface area contributed by atoms with E-state index < -0.39 is 36.7 Å². The Kier molecular flexibility index (Phi) is 3.24. The third-order valence-electron chi connectivity index (χ3n) is 3.33. The van der Waals surface area contributed by atoms with Gasteiger partial charge >= 0.3 is 5.97 Å². The Hall–Kier alpha value is -1.47. The Morgan fingerprint density at radius 2 is 1.84 bits per heavy atom. The number of carbonyl (C=O) groups is 1. The maximum Gasteiger partial charge on any atom is 0.338 e. The van der Waals surface area contributed by atoms with Gasteiger partial charge in [-0.3, -0.25) is 0 Å². The zero-order valence-corrected chi connectivity index (χ0v) is 10.0. The van der Waals surface area contributed by atoms with E-state index in [-0.39, 0.29) is 6.61 Å². The van der Waals surface area contributed by atoms with Crippen molar-refractivity contribution in [2.45, 2.75) is 30.7 Å². The van der Waals surface area contributed by atoms with E-state index in [1.807, 2.05) is 30.3 Å². The lowest BCUT2D eigenvalue weighted by molar-refractivity contribution is -0.288. The molecule has 0 amide bonds. The molecule has 0 aromatic heterocycles. The van der Waals surface area contributed by atoms with Gasteiger partial charge in [0.25, 0.3) is 0 Å². The first-order valence-corrected chi connectivity index (χ1v) is 6.06. The van der Waals surface area contributed by atoms with E-state index in [0.717, 1.165) is 5.56 Å². The number of ether oxygens (including phenoxy) is 3. The average molecular weight is 266 g/mol. The van der Waals surface area contributed by atoms with Crippen molar-refractivity contribution in [2.75, 3.05) is 6.61 Å². The maximum absolute atomic E-state index is 11.4. The van der Waals surface area contributed by atoms with E-state index in [9.17, 15) is 15.0 Å². The quantitative estimate of drug-likeness (QED) is 0.718. The predicted octanol–water partition coefficient (Wildman–Crippen LogP) is -0.252. The van der Waals surface area contributed by atoms with Gasteiger partial charge in [0.15, 0.2) is 18.5 Å². The van der Waals surface area contributed by atoms with E-state index in [1.165, 1.54) is 0 Å². The molecular weight excluding hydrogens is 252 g/mol. The summed E-state index contributed by atoms with van der Waals surface area (Å²) in [5.41, 5.74) is 0.756. The van der Waals surface area contributed by atoms with Crippen LogP contribution in [0.25, 0.3) is 0 Å². The van der Waals surface area contributed by atoms with E-state index >= 15 is 0 Å². The van der Waals surface area contributed by atoms with Gasteiger partial charge in [-0.05, 0) is 0 Å². The van der Waals surface area contributed by atoms with Crippen LogP contribution in [-0.4, -0.2) is 47.2 Å². The van der Waals surface area contributed by atoms with Crippen LogP contribution in [0.2, 0.25) is 0 Å². The first kappa shape index (κ1) is 12.6. The third kappa shape index (κ3) is 2.12. The molecule has 102 valence electrons. The summed E-state index contributed by atoms with van der Waals surface area (Å²) in [7, 11) is 0. The topological polar surface area (TPSA) is 85.2 Å². The Balaban J connectivity index is 1.85. The fraction of sp³-hybridized carbons (Fsp3) is 0.462. The molecule has 0 bridgehead atoms. The largest absolute Gasteiger partial charge is 0.455 e. The highest BCUT2D eigenvalue weighted by atomic mass is 16.7. The maximum atomic E-state index is 11.4. The standard InChI is InChI=1S/C13H14O6/c14-6-8-10-11(9(15)12(16)18-10)19-13(17-8)7-4-2-1-3-5-7/h1-5,8-11,13-15H,6H2/t8-,9-,10-,11+,13+/m1/s1. The molecule has 0 spiro atoms. The predicted molar refractivity (Wildman–Crippen MR) is 61.9 cm³/mol.